The Morgan fingerprint density at radius 1 is 1.58 bits per heavy atom. The van der Waals surface area contributed by atoms with E-state index in [0.717, 1.165) is 0 Å². The minimum atomic E-state index is -4.31. The molecular weight excluding hydrogens is 184 g/mol. The van der Waals surface area contributed by atoms with Crippen molar-refractivity contribution in [3.63, 3.8) is 0 Å². The minimum Gasteiger partial charge on any atom is -0.285 e. The first-order valence-electron chi connectivity index (χ1n) is 3.31. The standard InChI is InChI=1S/C5H10N2O4S/c1-7(6)4(8)5(2-3-5)12(9,10)11/h2-3,6H2,1H3,(H,9,10,11). The smallest absolute Gasteiger partial charge is 0.279 e. The van der Waals surface area contributed by atoms with Crippen molar-refractivity contribution in [1.82, 2.24) is 5.01 Å². The third-order valence-electron chi connectivity index (χ3n) is 1.91. The summed E-state index contributed by atoms with van der Waals surface area (Å²) in [5.41, 5.74) is 0. The summed E-state index contributed by atoms with van der Waals surface area (Å²) < 4.78 is 28.5. The molecule has 6 nitrogen and oxygen atoms in total. The maximum atomic E-state index is 11.1. The highest BCUT2D eigenvalue weighted by atomic mass is 32.2. The molecule has 1 fully saturated rings. The highest BCUT2D eigenvalue weighted by Gasteiger charge is 2.61. The van der Waals surface area contributed by atoms with Gasteiger partial charge in [-0.3, -0.25) is 14.4 Å². The van der Waals surface area contributed by atoms with E-state index in [9.17, 15) is 13.2 Å². The predicted molar refractivity (Wildman–Crippen MR) is 40.5 cm³/mol. The van der Waals surface area contributed by atoms with Crippen molar-refractivity contribution in [1.29, 1.82) is 0 Å². The zero-order valence-electron chi connectivity index (χ0n) is 6.52. The second-order valence-corrected chi connectivity index (χ2v) is 4.62. The van der Waals surface area contributed by atoms with Gasteiger partial charge in [0.05, 0.1) is 0 Å². The summed E-state index contributed by atoms with van der Waals surface area (Å²) in [5.74, 6) is 4.31. The third-order valence-corrected chi connectivity index (χ3v) is 3.48. The van der Waals surface area contributed by atoms with Crippen molar-refractivity contribution in [2.45, 2.75) is 17.6 Å². The maximum Gasteiger partial charge on any atom is 0.279 e. The van der Waals surface area contributed by atoms with Crippen molar-refractivity contribution >= 4 is 16.0 Å². The lowest BCUT2D eigenvalue weighted by Gasteiger charge is -2.15. The molecular formula is C5H10N2O4S. The van der Waals surface area contributed by atoms with Crippen LogP contribution in [-0.2, 0) is 14.9 Å². The molecule has 0 aliphatic heterocycles. The molecule has 12 heavy (non-hydrogen) atoms. The van der Waals surface area contributed by atoms with Crippen LogP contribution in [0.25, 0.3) is 0 Å². The SMILES string of the molecule is CN(N)C(=O)C1(S(=O)(=O)O)CC1. The first kappa shape index (κ1) is 9.43. The van der Waals surface area contributed by atoms with Gasteiger partial charge in [-0.25, -0.2) is 5.84 Å². The van der Waals surface area contributed by atoms with Crippen LogP contribution in [0.4, 0.5) is 0 Å². The van der Waals surface area contributed by atoms with Gasteiger partial charge in [0.2, 0.25) is 0 Å². The molecule has 0 heterocycles. The predicted octanol–water partition coefficient (Wildman–Crippen LogP) is -1.26. The molecule has 1 rings (SSSR count). The zero-order chi connectivity index (χ0) is 9.57. The summed E-state index contributed by atoms with van der Waals surface area (Å²) in [6.45, 7) is 0. The van der Waals surface area contributed by atoms with Crippen molar-refractivity contribution in [2.24, 2.45) is 5.84 Å². The van der Waals surface area contributed by atoms with Crippen LogP contribution in [0, 0.1) is 0 Å². The number of hydrazine groups is 1. The molecule has 0 bridgehead atoms. The Labute approximate surface area is 70.1 Å². The topological polar surface area (TPSA) is 101 Å². The molecule has 0 aromatic rings. The summed E-state index contributed by atoms with van der Waals surface area (Å²) in [6.07, 6.45) is 0.290. The lowest BCUT2D eigenvalue weighted by molar-refractivity contribution is -0.130. The molecule has 1 aliphatic rings. The molecule has 3 N–H and O–H groups in total. The highest BCUT2D eigenvalue weighted by Crippen LogP contribution is 2.43. The van der Waals surface area contributed by atoms with E-state index in [4.69, 9.17) is 10.4 Å². The first-order chi connectivity index (χ1) is 5.31. The second-order valence-electron chi connectivity index (χ2n) is 2.89. The number of rotatable bonds is 2. The molecule has 1 aliphatic carbocycles. The number of amides is 1. The number of hydrogen-bond acceptors (Lipinski definition) is 4. The fourth-order valence-corrected chi connectivity index (χ4v) is 2.00. The van der Waals surface area contributed by atoms with Gasteiger partial charge in [-0.2, -0.15) is 8.42 Å². The summed E-state index contributed by atoms with van der Waals surface area (Å²) >= 11 is 0. The van der Waals surface area contributed by atoms with E-state index in [-0.39, 0.29) is 12.8 Å². The molecule has 0 atom stereocenters. The van der Waals surface area contributed by atoms with E-state index >= 15 is 0 Å². The van der Waals surface area contributed by atoms with Gasteiger partial charge in [-0.1, -0.05) is 0 Å². The lowest BCUT2D eigenvalue weighted by atomic mass is 10.4. The Morgan fingerprint density at radius 2 is 2.00 bits per heavy atom. The molecule has 0 saturated heterocycles. The maximum absolute atomic E-state index is 11.1. The molecule has 0 spiro atoms. The minimum absolute atomic E-state index is 0.145. The summed E-state index contributed by atoms with van der Waals surface area (Å²) in [6, 6.07) is 0. The average Bonchev–Trinajstić information content (AvgIpc) is 2.62. The van der Waals surface area contributed by atoms with E-state index in [0.29, 0.717) is 5.01 Å². The van der Waals surface area contributed by atoms with Gasteiger partial charge in [-0.05, 0) is 12.8 Å². The van der Waals surface area contributed by atoms with Gasteiger partial charge in [0.1, 0.15) is 0 Å². The van der Waals surface area contributed by atoms with E-state index < -0.39 is 20.8 Å². The molecule has 70 valence electrons. The number of carbonyl (C=O) groups excluding carboxylic acids is 1. The molecule has 1 amide bonds. The van der Waals surface area contributed by atoms with E-state index in [1.807, 2.05) is 0 Å². The van der Waals surface area contributed by atoms with Crippen LogP contribution in [0.1, 0.15) is 12.8 Å². The Balaban J connectivity index is 2.96. The molecule has 0 unspecified atom stereocenters. The monoisotopic (exact) mass is 194 g/mol. The molecule has 0 aromatic carbocycles. The average molecular weight is 194 g/mol. The number of nitrogens with zero attached hydrogens (tertiary/aromatic N) is 1. The zero-order valence-corrected chi connectivity index (χ0v) is 7.34. The Hall–Kier alpha value is -0.660. The van der Waals surface area contributed by atoms with Gasteiger partial charge in [0.15, 0.2) is 4.75 Å². The van der Waals surface area contributed by atoms with Gasteiger partial charge in [-0.15, -0.1) is 0 Å². The Bertz CT molecular complexity index is 303. The van der Waals surface area contributed by atoms with Crippen LogP contribution in [0.2, 0.25) is 0 Å². The number of hydrogen-bond donors (Lipinski definition) is 2. The fraction of sp³-hybridized carbons (Fsp3) is 0.800. The first-order valence-corrected chi connectivity index (χ1v) is 4.75. The van der Waals surface area contributed by atoms with Crippen LogP contribution in [0.3, 0.4) is 0 Å². The summed E-state index contributed by atoms with van der Waals surface area (Å²) in [7, 11) is -3.06. The van der Waals surface area contributed by atoms with Crippen LogP contribution in [0.15, 0.2) is 0 Å². The summed E-state index contributed by atoms with van der Waals surface area (Å²) in [4.78, 5) is 11.1. The molecule has 0 aromatic heterocycles. The number of carbonyl (C=O) groups is 1. The van der Waals surface area contributed by atoms with E-state index in [2.05, 4.69) is 0 Å². The Kier molecular flexibility index (Phi) is 1.89. The molecule has 0 radical (unpaired) electrons. The van der Waals surface area contributed by atoms with Crippen molar-refractivity contribution in [2.75, 3.05) is 7.05 Å². The van der Waals surface area contributed by atoms with Gasteiger partial charge < -0.3 is 0 Å². The molecule has 1 saturated carbocycles. The van der Waals surface area contributed by atoms with Crippen LogP contribution < -0.4 is 5.84 Å². The van der Waals surface area contributed by atoms with Crippen molar-refractivity contribution < 1.29 is 17.8 Å². The quantitative estimate of drug-likeness (QED) is 0.247. The van der Waals surface area contributed by atoms with E-state index in [1.165, 1.54) is 7.05 Å². The van der Waals surface area contributed by atoms with Crippen LogP contribution >= 0.6 is 0 Å². The largest absolute Gasteiger partial charge is 0.285 e. The molecule has 7 heteroatoms. The van der Waals surface area contributed by atoms with Crippen LogP contribution in [0.5, 0.6) is 0 Å². The highest BCUT2D eigenvalue weighted by molar-refractivity contribution is 7.88. The second kappa shape index (κ2) is 2.41. The van der Waals surface area contributed by atoms with Crippen molar-refractivity contribution in [3.05, 3.63) is 0 Å². The van der Waals surface area contributed by atoms with E-state index in [1.54, 1.807) is 0 Å². The normalized spacial score (nSPS) is 20.2. The van der Waals surface area contributed by atoms with Crippen LogP contribution in [-0.4, -0.2) is 35.7 Å². The van der Waals surface area contributed by atoms with Crippen molar-refractivity contribution in [3.8, 4) is 0 Å². The van der Waals surface area contributed by atoms with Gasteiger partial charge in [0, 0.05) is 7.05 Å². The Morgan fingerprint density at radius 3 is 2.08 bits per heavy atom. The van der Waals surface area contributed by atoms with Gasteiger partial charge >= 0.3 is 0 Å². The lowest BCUT2D eigenvalue weighted by Crippen LogP contribution is -2.46. The fourth-order valence-electron chi connectivity index (χ4n) is 1.02. The number of nitrogens with two attached hydrogens (primary N) is 1. The van der Waals surface area contributed by atoms with Gasteiger partial charge in [0.25, 0.3) is 16.0 Å². The third kappa shape index (κ3) is 1.19. The summed E-state index contributed by atoms with van der Waals surface area (Å²) in [5, 5.41) is 0.681.